The van der Waals surface area contributed by atoms with Crippen molar-refractivity contribution >= 4 is 21.8 Å². The van der Waals surface area contributed by atoms with E-state index < -0.39 is 10.0 Å². The Balaban J connectivity index is 1.68. The van der Waals surface area contributed by atoms with Crippen LogP contribution in [0.3, 0.4) is 0 Å². The van der Waals surface area contributed by atoms with E-state index in [2.05, 4.69) is 10.6 Å². The Labute approximate surface area is 193 Å². The van der Waals surface area contributed by atoms with Crippen LogP contribution in [0.4, 0.5) is 0 Å². The molecule has 0 spiro atoms. The number of piperazine rings is 1. The summed E-state index contributed by atoms with van der Waals surface area (Å²) in [6, 6.07) is 10.8. The average molecular weight is 472 g/mol. The van der Waals surface area contributed by atoms with E-state index in [4.69, 9.17) is 15.9 Å². The molecule has 2 aromatic rings. The minimum Gasteiger partial charge on any atom is -0.497 e. The molecule has 1 saturated heterocycles. The van der Waals surface area contributed by atoms with Gasteiger partial charge in [0.1, 0.15) is 11.5 Å². The van der Waals surface area contributed by atoms with Crippen LogP contribution in [0.25, 0.3) is 0 Å². The number of ether oxygens (including phenoxy) is 2. The van der Waals surface area contributed by atoms with Crippen molar-refractivity contribution in [1.29, 1.82) is 0 Å². The fraction of sp³-hybridized carbons (Fsp3) is 0.304. The van der Waals surface area contributed by atoms with Crippen LogP contribution in [0.1, 0.15) is 20.7 Å². The molecule has 1 heterocycles. The molecule has 1 aliphatic rings. The van der Waals surface area contributed by atoms with Gasteiger partial charge in [0.25, 0.3) is 11.8 Å². The van der Waals surface area contributed by atoms with Gasteiger partial charge in [-0.1, -0.05) is 12.0 Å². The first kappa shape index (κ1) is 24.1. The van der Waals surface area contributed by atoms with E-state index in [1.807, 2.05) is 0 Å². The molecular weight excluding hydrogens is 446 g/mol. The van der Waals surface area contributed by atoms with Gasteiger partial charge in [0, 0.05) is 37.8 Å². The number of nitrogens with zero attached hydrogens (tertiary/aromatic N) is 2. The number of hydrogen-bond acceptors (Lipinski definition) is 6. The molecule has 33 heavy (non-hydrogen) atoms. The monoisotopic (exact) mass is 471 g/mol. The SMILES string of the molecule is C#CCNS(=O)(=O)c1cccc(C(=O)N2CCN(C(=O)c3ccc(OC)cc3OC)CC2)c1. The Morgan fingerprint density at radius 3 is 2.27 bits per heavy atom. The lowest BCUT2D eigenvalue weighted by Crippen LogP contribution is -2.50. The highest BCUT2D eigenvalue weighted by atomic mass is 32.2. The molecule has 10 heteroatoms. The summed E-state index contributed by atoms with van der Waals surface area (Å²) in [5.74, 6) is 2.69. The van der Waals surface area contributed by atoms with Crippen molar-refractivity contribution in [2.24, 2.45) is 0 Å². The van der Waals surface area contributed by atoms with Crippen molar-refractivity contribution in [3.63, 3.8) is 0 Å². The Morgan fingerprint density at radius 1 is 1.00 bits per heavy atom. The van der Waals surface area contributed by atoms with Crippen LogP contribution in [0.15, 0.2) is 47.4 Å². The van der Waals surface area contributed by atoms with E-state index in [1.165, 1.54) is 32.4 Å². The maximum Gasteiger partial charge on any atom is 0.257 e. The summed E-state index contributed by atoms with van der Waals surface area (Å²) < 4.78 is 37.3. The Morgan fingerprint density at radius 2 is 1.67 bits per heavy atom. The second-order valence-electron chi connectivity index (χ2n) is 7.21. The summed E-state index contributed by atoms with van der Waals surface area (Å²) in [4.78, 5) is 29.1. The molecule has 0 saturated carbocycles. The fourth-order valence-corrected chi connectivity index (χ4v) is 4.44. The first-order valence-electron chi connectivity index (χ1n) is 10.1. The summed E-state index contributed by atoms with van der Waals surface area (Å²) in [5, 5.41) is 0. The molecule has 0 unspecified atom stereocenters. The Hall–Kier alpha value is -3.55. The summed E-state index contributed by atoms with van der Waals surface area (Å²) in [6.07, 6.45) is 5.11. The molecule has 1 fully saturated rings. The predicted molar refractivity (Wildman–Crippen MR) is 122 cm³/mol. The third kappa shape index (κ3) is 5.45. The summed E-state index contributed by atoms with van der Waals surface area (Å²) >= 11 is 0. The topological polar surface area (TPSA) is 105 Å². The van der Waals surface area contributed by atoms with Crippen LogP contribution in [0.2, 0.25) is 0 Å². The maximum atomic E-state index is 13.0. The zero-order valence-electron chi connectivity index (χ0n) is 18.4. The lowest BCUT2D eigenvalue weighted by molar-refractivity contribution is 0.0533. The Kier molecular flexibility index (Phi) is 7.58. The number of benzene rings is 2. The van der Waals surface area contributed by atoms with E-state index >= 15 is 0 Å². The standard InChI is InChI=1S/C23H25N3O6S/c1-4-10-24-33(29,30)19-7-5-6-17(15-19)22(27)25-11-13-26(14-12-25)23(28)20-9-8-18(31-2)16-21(20)32-3/h1,5-9,15-16,24H,10-14H2,2-3H3. The van der Waals surface area contributed by atoms with Gasteiger partial charge in [0.2, 0.25) is 10.0 Å². The van der Waals surface area contributed by atoms with Crippen molar-refractivity contribution in [2.75, 3.05) is 46.9 Å². The van der Waals surface area contributed by atoms with Crippen LogP contribution in [0, 0.1) is 12.3 Å². The normalized spacial score (nSPS) is 13.8. The van der Waals surface area contributed by atoms with Crippen LogP contribution in [-0.2, 0) is 10.0 Å². The number of carbonyl (C=O) groups excluding carboxylic acids is 2. The molecule has 1 aliphatic heterocycles. The molecule has 1 N–H and O–H groups in total. The smallest absolute Gasteiger partial charge is 0.257 e. The molecule has 0 aliphatic carbocycles. The summed E-state index contributed by atoms with van der Waals surface area (Å²) in [7, 11) is -0.791. The van der Waals surface area contributed by atoms with Crippen molar-refractivity contribution in [2.45, 2.75) is 4.90 Å². The number of terminal acetylenes is 1. The summed E-state index contributed by atoms with van der Waals surface area (Å²) in [6.45, 7) is 1.16. The molecule has 3 rings (SSSR count). The molecule has 0 bridgehead atoms. The van der Waals surface area contributed by atoms with Crippen LogP contribution in [-0.4, -0.2) is 77.0 Å². The number of hydrogen-bond donors (Lipinski definition) is 1. The number of carbonyl (C=O) groups is 2. The lowest BCUT2D eigenvalue weighted by atomic mass is 10.1. The summed E-state index contributed by atoms with van der Waals surface area (Å²) in [5.41, 5.74) is 0.658. The molecular formula is C23H25N3O6S. The third-order valence-corrected chi connectivity index (χ3v) is 6.65. The Bertz CT molecular complexity index is 1180. The quantitative estimate of drug-likeness (QED) is 0.609. The second-order valence-corrected chi connectivity index (χ2v) is 8.97. The van der Waals surface area contributed by atoms with Gasteiger partial charge >= 0.3 is 0 Å². The van der Waals surface area contributed by atoms with Gasteiger partial charge in [-0.15, -0.1) is 6.42 Å². The van der Waals surface area contributed by atoms with Gasteiger partial charge < -0.3 is 19.3 Å². The van der Waals surface area contributed by atoms with Gasteiger partial charge in [0.05, 0.1) is 31.2 Å². The molecule has 9 nitrogen and oxygen atoms in total. The van der Waals surface area contributed by atoms with Crippen molar-refractivity contribution < 1.29 is 27.5 Å². The van der Waals surface area contributed by atoms with E-state index in [0.29, 0.717) is 43.2 Å². The highest BCUT2D eigenvalue weighted by molar-refractivity contribution is 7.89. The van der Waals surface area contributed by atoms with Crippen molar-refractivity contribution in [1.82, 2.24) is 14.5 Å². The van der Waals surface area contributed by atoms with Gasteiger partial charge in [-0.05, 0) is 30.3 Å². The van der Waals surface area contributed by atoms with Gasteiger partial charge in [-0.2, -0.15) is 4.72 Å². The highest BCUT2D eigenvalue weighted by Crippen LogP contribution is 2.26. The van der Waals surface area contributed by atoms with E-state index in [1.54, 1.807) is 34.1 Å². The van der Waals surface area contributed by atoms with Crippen LogP contribution in [0.5, 0.6) is 11.5 Å². The minimum absolute atomic E-state index is 0.0379. The molecule has 2 amide bonds. The van der Waals surface area contributed by atoms with Crippen molar-refractivity contribution in [3.05, 3.63) is 53.6 Å². The maximum absolute atomic E-state index is 13.0. The van der Waals surface area contributed by atoms with Gasteiger partial charge in [-0.25, -0.2) is 8.42 Å². The largest absolute Gasteiger partial charge is 0.497 e. The molecule has 2 aromatic carbocycles. The minimum atomic E-state index is -3.81. The van der Waals surface area contributed by atoms with Crippen molar-refractivity contribution in [3.8, 4) is 23.8 Å². The number of methoxy groups -OCH3 is 2. The molecule has 0 radical (unpaired) electrons. The average Bonchev–Trinajstić information content (AvgIpc) is 2.86. The highest BCUT2D eigenvalue weighted by Gasteiger charge is 2.27. The molecule has 0 aromatic heterocycles. The third-order valence-electron chi connectivity index (χ3n) is 5.25. The zero-order valence-corrected chi connectivity index (χ0v) is 19.2. The first-order chi connectivity index (χ1) is 15.8. The predicted octanol–water partition coefficient (Wildman–Crippen LogP) is 1.21. The van der Waals surface area contributed by atoms with Gasteiger partial charge in [-0.3, -0.25) is 9.59 Å². The number of nitrogens with one attached hydrogen (secondary N) is 1. The fourth-order valence-electron chi connectivity index (χ4n) is 3.46. The first-order valence-corrected chi connectivity index (χ1v) is 11.6. The zero-order chi connectivity index (χ0) is 24.0. The van der Waals surface area contributed by atoms with E-state index in [0.717, 1.165) is 0 Å². The molecule has 0 atom stereocenters. The van der Waals surface area contributed by atoms with Crippen LogP contribution >= 0.6 is 0 Å². The number of sulfonamides is 1. The number of rotatable bonds is 7. The van der Waals surface area contributed by atoms with Gasteiger partial charge in [0.15, 0.2) is 0 Å². The lowest BCUT2D eigenvalue weighted by Gasteiger charge is -2.35. The number of amides is 2. The molecule has 174 valence electrons. The van der Waals surface area contributed by atoms with E-state index in [-0.39, 0.29) is 28.8 Å². The van der Waals surface area contributed by atoms with E-state index in [9.17, 15) is 18.0 Å². The second kappa shape index (κ2) is 10.4. The van der Waals surface area contributed by atoms with Crippen LogP contribution < -0.4 is 14.2 Å².